The van der Waals surface area contributed by atoms with Gasteiger partial charge >= 0.3 is 0 Å². The summed E-state index contributed by atoms with van der Waals surface area (Å²) < 4.78 is 15.9. The summed E-state index contributed by atoms with van der Waals surface area (Å²) in [5, 5.41) is 9.78. The Hall–Kier alpha value is -2.07. The van der Waals surface area contributed by atoms with Crippen LogP contribution in [0.5, 0.6) is 5.75 Å². The van der Waals surface area contributed by atoms with Crippen molar-refractivity contribution < 1.29 is 9.50 Å². The first-order valence-corrected chi connectivity index (χ1v) is 7.02. The van der Waals surface area contributed by atoms with E-state index in [-0.39, 0.29) is 22.6 Å². The second-order valence-electron chi connectivity index (χ2n) is 5.17. The molecule has 0 bridgehead atoms. The summed E-state index contributed by atoms with van der Waals surface area (Å²) in [6, 6.07) is 9.89. The normalized spacial score (nSPS) is 11.5. The van der Waals surface area contributed by atoms with Gasteiger partial charge in [-0.05, 0) is 44.2 Å². The first kappa shape index (κ1) is 13.9. The van der Waals surface area contributed by atoms with Crippen LogP contribution in [0.15, 0.2) is 36.4 Å². The highest BCUT2D eigenvalue weighted by Gasteiger charge is 2.17. The molecule has 0 aliphatic carbocycles. The van der Waals surface area contributed by atoms with Crippen LogP contribution in [0.1, 0.15) is 19.9 Å². The predicted octanol–water partition coefficient (Wildman–Crippen LogP) is 4.78. The van der Waals surface area contributed by atoms with Gasteiger partial charge in [0.05, 0.1) is 10.5 Å². The Kier molecular flexibility index (Phi) is 3.33. The van der Waals surface area contributed by atoms with E-state index in [4.69, 9.17) is 11.6 Å². The van der Waals surface area contributed by atoms with Gasteiger partial charge < -0.3 is 9.67 Å². The van der Waals surface area contributed by atoms with Crippen molar-refractivity contribution in [3.63, 3.8) is 0 Å². The molecule has 0 spiro atoms. The second kappa shape index (κ2) is 5.04. The SMILES string of the molecule is CC(C)n1c(-c2ccc(O)c(Cl)c2)nc2c(F)cccc21. The number of hydrogen-bond donors (Lipinski definition) is 1. The lowest BCUT2D eigenvalue weighted by molar-refractivity contribution is 0.475. The van der Waals surface area contributed by atoms with Crippen molar-refractivity contribution in [3.05, 3.63) is 47.2 Å². The molecule has 0 radical (unpaired) electrons. The van der Waals surface area contributed by atoms with Gasteiger partial charge in [0.15, 0.2) is 5.82 Å². The van der Waals surface area contributed by atoms with E-state index in [0.29, 0.717) is 11.3 Å². The number of hydrogen-bond acceptors (Lipinski definition) is 2. The summed E-state index contributed by atoms with van der Waals surface area (Å²) >= 11 is 5.96. The van der Waals surface area contributed by atoms with Crippen LogP contribution >= 0.6 is 11.6 Å². The van der Waals surface area contributed by atoms with E-state index in [9.17, 15) is 9.50 Å². The van der Waals surface area contributed by atoms with Crippen LogP contribution in [0, 0.1) is 5.82 Å². The third-order valence-electron chi connectivity index (χ3n) is 3.39. The number of rotatable bonds is 2. The highest BCUT2D eigenvalue weighted by atomic mass is 35.5. The van der Waals surface area contributed by atoms with Crippen LogP contribution in [0.2, 0.25) is 5.02 Å². The van der Waals surface area contributed by atoms with E-state index in [1.165, 1.54) is 12.1 Å². The molecule has 21 heavy (non-hydrogen) atoms. The van der Waals surface area contributed by atoms with Crippen molar-refractivity contribution in [2.45, 2.75) is 19.9 Å². The largest absolute Gasteiger partial charge is 0.506 e. The molecule has 3 rings (SSSR count). The Balaban J connectivity index is 2.33. The molecule has 1 aromatic heterocycles. The van der Waals surface area contributed by atoms with Gasteiger partial charge in [-0.15, -0.1) is 0 Å². The third-order valence-corrected chi connectivity index (χ3v) is 3.70. The van der Waals surface area contributed by atoms with E-state index >= 15 is 0 Å². The van der Waals surface area contributed by atoms with Crippen molar-refractivity contribution in [2.24, 2.45) is 0 Å². The van der Waals surface area contributed by atoms with E-state index in [0.717, 1.165) is 11.1 Å². The maximum absolute atomic E-state index is 14.0. The van der Waals surface area contributed by atoms with Gasteiger partial charge in [-0.25, -0.2) is 9.37 Å². The lowest BCUT2D eigenvalue weighted by atomic mass is 10.2. The van der Waals surface area contributed by atoms with Gasteiger partial charge in [0.1, 0.15) is 17.1 Å². The zero-order valence-electron chi connectivity index (χ0n) is 11.6. The number of imidazole rings is 1. The average molecular weight is 305 g/mol. The molecule has 0 aliphatic heterocycles. The van der Waals surface area contributed by atoms with Gasteiger partial charge in [-0.2, -0.15) is 0 Å². The molecule has 0 unspecified atom stereocenters. The number of aromatic hydroxyl groups is 1. The molecule has 108 valence electrons. The quantitative estimate of drug-likeness (QED) is 0.739. The molecule has 5 heteroatoms. The minimum absolute atomic E-state index is 0.0128. The Morgan fingerprint density at radius 2 is 2.00 bits per heavy atom. The van der Waals surface area contributed by atoms with E-state index < -0.39 is 0 Å². The highest BCUT2D eigenvalue weighted by molar-refractivity contribution is 6.32. The Morgan fingerprint density at radius 1 is 1.24 bits per heavy atom. The summed E-state index contributed by atoms with van der Waals surface area (Å²) in [5.41, 5.74) is 1.82. The molecular formula is C16H14ClFN2O. The van der Waals surface area contributed by atoms with Gasteiger partial charge in [-0.1, -0.05) is 17.7 Å². The second-order valence-corrected chi connectivity index (χ2v) is 5.58. The van der Waals surface area contributed by atoms with E-state index in [1.54, 1.807) is 18.2 Å². The number of phenolic OH excluding ortho intramolecular Hbond substituents is 1. The summed E-state index contributed by atoms with van der Waals surface area (Å²) in [4.78, 5) is 4.42. The number of phenols is 1. The number of nitrogens with zero attached hydrogens (tertiary/aromatic N) is 2. The fraction of sp³-hybridized carbons (Fsp3) is 0.188. The van der Waals surface area contributed by atoms with Gasteiger partial charge in [0, 0.05) is 11.6 Å². The molecule has 0 amide bonds. The van der Waals surface area contributed by atoms with Crippen LogP contribution in [-0.4, -0.2) is 14.7 Å². The fourth-order valence-electron chi connectivity index (χ4n) is 2.46. The van der Waals surface area contributed by atoms with Crippen molar-refractivity contribution in [1.29, 1.82) is 0 Å². The summed E-state index contributed by atoms with van der Waals surface area (Å²) in [7, 11) is 0. The Morgan fingerprint density at radius 3 is 2.67 bits per heavy atom. The fourth-order valence-corrected chi connectivity index (χ4v) is 2.64. The van der Waals surface area contributed by atoms with Crippen LogP contribution in [0.4, 0.5) is 4.39 Å². The molecule has 0 saturated heterocycles. The van der Waals surface area contributed by atoms with Gasteiger partial charge in [0.2, 0.25) is 0 Å². The number of benzene rings is 2. The monoisotopic (exact) mass is 304 g/mol. The first-order valence-electron chi connectivity index (χ1n) is 6.64. The number of para-hydroxylation sites is 1. The minimum atomic E-state index is -0.349. The van der Waals surface area contributed by atoms with E-state index in [2.05, 4.69) is 4.98 Å². The van der Waals surface area contributed by atoms with Crippen molar-refractivity contribution in [3.8, 4) is 17.1 Å². The lowest BCUT2D eigenvalue weighted by Gasteiger charge is -2.13. The molecule has 0 fully saturated rings. The Bertz CT molecular complexity index is 827. The standard InChI is InChI=1S/C16H14ClFN2O/c1-9(2)20-13-5-3-4-12(18)15(13)19-16(20)10-6-7-14(21)11(17)8-10/h3-9,21H,1-2H3. The lowest BCUT2D eigenvalue weighted by Crippen LogP contribution is -2.03. The molecule has 0 saturated carbocycles. The summed E-state index contributed by atoms with van der Waals surface area (Å²) in [5.74, 6) is 0.295. The Labute approximate surface area is 126 Å². The molecule has 1 heterocycles. The molecular weight excluding hydrogens is 291 g/mol. The molecule has 3 aromatic rings. The topological polar surface area (TPSA) is 38.0 Å². The smallest absolute Gasteiger partial charge is 0.151 e. The maximum Gasteiger partial charge on any atom is 0.151 e. The molecule has 0 aliphatic rings. The van der Waals surface area contributed by atoms with Crippen molar-refractivity contribution in [2.75, 3.05) is 0 Å². The maximum atomic E-state index is 14.0. The number of halogens is 2. The molecule has 0 atom stereocenters. The van der Waals surface area contributed by atoms with Crippen LogP contribution in [0.3, 0.4) is 0 Å². The zero-order valence-corrected chi connectivity index (χ0v) is 12.4. The molecule has 2 aromatic carbocycles. The molecule has 3 nitrogen and oxygen atoms in total. The third kappa shape index (κ3) is 2.25. The van der Waals surface area contributed by atoms with Crippen molar-refractivity contribution in [1.82, 2.24) is 9.55 Å². The summed E-state index contributed by atoms with van der Waals surface area (Å²) in [6.07, 6.45) is 0. The van der Waals surface area contributed by atoms with Crippen LogP contribution < -0.4 is 0 Å². The first-order chi connectivity index (χ1) is 9.99. The van der Waals surface area contributed by atoms with E-state index in [1.807, 2.05) is 24.5 Å². The van der Waals surface area contributed by atoms with Gasteiger partial charge in [0.25, 0.3) is 0 Å². The minimum Gasteiger partial charge on any atom is -0.506 e. The van der Waals surface area contributed by atoms with Crippen LogP contribution in [-0.2, 0) is 0 Å². The van der Waals surface area contributed by atoms with Crippen LogP contribution in [0.25, 0.3) is 22.4 Å². The zero-order chi connectivity index (χ0) is 15.1. The highest BCUT2D eigenvalue weighted by Crippen LogP contribution is 2.33. The number of fused-ring (bicyclic) bond motifs is 1. The predicted molar refractivity (Wildman–Crippen MR) is 82.2 cm³/mol. The van der Waals surface area contributed by atoms with Gasteiger partial charge in [-0.3, -0.25) is 0 Å². The average Bonchev–Trinajstić information content (AvgIpc) is 2.83. The number of aromatic nitrogens is 2. The van der Waals surface area contributed by atoms with Crippen molar-refractivity contribution >= 4 is 22.6 Å². The summed E-state index contributed by atoms with van der Waals surface area (Å²) in [6.45, 7) is 4.02. The molecule has 1 N–H and O–H groups in total.